The summed E-state index contributed by atoms with van der Waals surface area (Å²) in [7, 11) is 0. The van der Waals surface area contributed by atoms with E-state index < -0.39 is 0 Å². The van der Waals surface area contributed by atoms with E-state index in [0.717, 1.165) is 5.56 Å². The van der Waals surface area contributed by atoms with Crippen molar-refractivity contribution in [1.82, 2.24) is 9.88 Å². The van der Waals surface area contributed by atoms with Crippen LogP contribution in [0.2, 0.25) is 0 Å². The summed E-state index contributed by atoms with van der Waals surface area (Å²) in [5.41, 5.74) is 1.00. The Labute approximate surface area is 93.3 Å². The lowest BCUT2D eigenvalue weighted by Gasteiger charge is -2.11. The number of amides is 1. The second-order valence-electron chi connectivity index (χ2n) is 3.60. The van der Waals surface area contributed by atoms with Gasteiger partial charge in [0.15, 0.2) is 0 Å². The van der Waals surface area contributed by atoms with Crippen LogP contribution in [0.25, 0.3) is 0 Å². The van der Waals surface area contributed by atoms with Crippen molar-refractivity contribution in [2.45, 2.75) is 19.1 Å². The molecule has 16 heavy (non-hydrogen) atoms. The summed E-state index contributed by atoms with van der Waals surface area (Å²) in [4.78, 5) is 16.9. The lowest BCUT2D eigenvalue weighted by Crippen LogP contribution is -2.24. The van der Waals surface area contributed by atoms with Gasteiger partial charge >= 0.3 is 6.09 Å². The molecule has 1 atom stereocenters. The summed E-state index contributed by atoms with van der Waals surface area (Å²) in [6.45, 7) is 0.984. The molecule has 0 aliphatic carbocycles. The van der Waals surface area contributed by atoms with Crippen molar-refractivity contribution in [2.75, 3.05) is 6.54 Å². The van der Waals surface area contributed by atoms with E-state index >= 15 is 0 Å². The first-order valence-corrected chi connectivity index (χ1v) is 5.01. The Hall–Kier alpha value is -2.09. The third-order valence-electron chi connectivity index (χ3n) is 2.39. The average molecular weight is 217 g/mol. The third-order valence-corrected chi connectivity index (χ3v) is 2.39. The average Bonchev–Trinajstić information content (AvgIpc) is 2.61. The van der Waals surface area contributed by atoms with E-state index in [0.29, 0.717) is 13.1 Å². The van der Waals surface area contributed by atoms with E-state index in [1.165, 1.54) is 0 Å². The fourth-order valence-electron chi connectivity index (χ4n) is 1.62. The molecule has 0 spiro atoms. The molecular weight excluding hydrogens is 206 g/mol. The lowest BCUT2D eigenvalue weighted by molar-refractivity contribution is 0.133. The van der Waals surface area contributed by atoms with Crippen LogP contribution in [-0.2, 0) is 11.3 Å². The van der Waals surface area contributed by atoms with Crippen LogP contribution in [0.3, 0.4) is 0 Å². The molecule has 1 saturated heterocycles. The highest BCUT2D eigenvalue weighted by Crippen LogP contribution is 2.16. The summed E-state index contributed by atoms with van der Waals surface area (Å²) in [5.74, 6) is 0. The molecule has 1 unspecified atom stereocenters. The van der Waals surface area contributed by atoms with Crippen LogP contribution >= 0.6 is 0 Å². The minimum atomic E-state index is -0.350. The van der Waals surface area contributed by atoms with E-state index in [9.17, 15) is 4.79 Å². The Morgan fingerprint density at radius 1 is 1.56 bits per heavy atom. The van der Waals surface area contributed by atoms with Gasteiger partial charge in [-0.05, 0) is 17.7 Å². The van der Waals surface area contributed by atoms with Crippen molar-refractivity contribution in [2.24, 2.45) is 0 Å². The first-order chi connectivity index (χ1) is 7.79. The highest BCUT2D eigenvalue weighted by Gasteiger charge is 2.30. The Morgan fingerprint density at radius 3 is 3.00 bits per heavy atom. The normalized spacial score (nSPS) is 19.3. The number of nitriles is 1. The summed E-state index contributed by atoms with van der Waals surface area (Å²) < 4.78 is 5.04. The minimum Gasteiger partial charge on any atom is -0.443 e. The fourth-order valence-corrected chi connectivity index (χ4v) is 1.62. The molecule has 1 aliphatic heterocycles. The maximum absolute atomic E-state index is 11.4. The van der Waals surface area contributed by atoms with Crippen molar-refractivity contribution < 1.29 is 9.53 Å². The van der Waals surface area contributed by atoms with Gasteiger partial charge < -0.3 is 9.64 Å². The van der Waals surface area contributed by atoms with Crippen molar-refractivity contribution in [3.05, 3.63) is 30.1 Å². The quantitative estimate of drug-likeness (QED) is 0.765. The van der Waals surface area contributed by atoms with E-state index in [4.69, 9.17) is 10.00 Å². The molecular formula is C11H11N3O2. The van der Waals surface area contributed by atoms with Crippen molar-refractivity contribution in [3.63, 3.8) is 0 Å². The van der Waals surface area contributed by atoms with Crippen LogP contribution in [-0.4, -0.2) is 28.6 Å². The first-order valence-electron chi connectivity index (χ1n) is 5.01. The van der Waals surface area contributed by atoms with Crippen LogP contribution in [0.1, 0.15) is 12.0 Å². The molecule has 1 aromatic rings. The summed E-state index contributed by atoms with van der Waals surface area (Å²) >= 11 is 0. The maximum atomic E-state index is 11.4. The van der Waals surface area contributed by atoms with Gasteiger partial charge in [0.25, 0.3) is 0 Å². The molecule has 2 heterocycles. The largest absolute Gasteiger partial charge is 0.443 e. The number of rotatable bonds is 3. The number of aromatic nitrogens is 1. The van der Waals surface area contributed by atoms with Gasteiger partial charge in [0.1, 0.15) is 6.10 Å². The molecule has 1 fully saturated rings. The standard InChI is InChI=1S/C11H11N3O2/c12-4-1-10-8-14(11(15)16-10)7-9-2-5-13-6-3-9/h2-3,5-6,10H,1,7-8H2. The van der Waals surface area contributed by atoms with Gasteiger partial charge in [0, 0.05) is 18.9 Å². The molecule has 0 saturated carbocycles. The number of cyclic esters (lactones) is 1. The Balaban J connectivity index is 1.97. The first kappa shape index (κ1) is 10.4. The van der Waals surface area contributed by atoms with Gasteiger partial charge in [0.05, 0.1) is 19.0 Å². The van der Waals surface area contributed by atoms with Crippen LogP contribution in [0.15, 0.2) is 24.5 Å². The Bertz CT molecular complexity index is 413. The van der Waals surface area contributed by atoms with Crippen molar-refractivity contribution in [3.8, 4) is 6.07 Å². The molecule has 0 N–H and O–H groups in total. The molecule has 0 aromatic carbocycles. The Kier molecular flexibility index (Phi) is 3.01. The minimum absolute atomic E-state index is 0.249. The summed E-state index contributed by atoms with van der Waals surface area (Å²) in [6, 6.07) is 5.70. The molecule has 1 aliphatic rings. The summed E-state index contributed by atoms with van der Waals surface area (Å²) in [5, 5.41) is 8.52. The van der Waals surface area contributed by atoms with E-state index in [-0.39, 0.29) is 18.6 Å². The number of carbonyl (C=O) groups is 1. The van der Waals surface area contributed by atoms with Crippen LogP contribution in [0, 0.1) is 11.3 Å². The SMILES string of the molecule is N#CCC1CN(Cc2ccncc2)C(=O)O1. The van der Waals surface area contributed by atoms with E-state index in [1.807, 2.05) is 18.2 Å². The predicted octanol–water partition coefficient (Wildman–Crippen LogP) is 1.32. The van der Waals surface area contributed by atoms with E-state index in [1.54, 1.807) is 17.3 Å². The van der Waals surface area contributed by atoms with Gasteiger partial charge in [-0.1, -0.05) is 0 Å². The molecule has 0 bridgehead atoms. The maximum Gasteiger partial charge on any atom is 0.410 e. The zero-order chi connectivity index (χ0) is 11.4. The monoisotopic (exact) mass is 217 g/mol. The zero-order valence-corrected chi connectivity index (χ0v) is 8.67. The van der Waals surface area contributed by atoms with Gasteiger partial charge in [0.2, 0.25) is 0 Å². The highest BCUT2D eigenvalue weighted by atomic mass is 16.6. The van der Waals surface area contributed by atoms with Crippen LogP contribution in [0.4, 0.5) is 4.79 Å². The van der Waals surface area contributed by atoms with Crippen molar-refractivity contribution in [1.29, 1.82) is 5.26 Å². The number of hydrogen-bond acceptors (Lipinski definition) is 4. The zero-order valence-electron chi connectivity index (χ0n) is 8.67. The molecule has 1 amide bonds. The molecule has 5 heteroatoms. The smallest absolute Gasteiger partial charge is 0.410 e. The second kappa shape index (κ2) is 4.62. The number of ether oxygens (including phenoxy) is 1. The second-order valence-corrected chi connectivity index (χ2v) is 3.60. The number of carbonyl (C=O) groups excluding carboxylic acids is 1. The number of nitrogens with zero attached hydrogens (tertiary/aromatic N) is 3. The number of pyridine rings is 1. The molecule has 0 radical (unpaired) electrons. The van der Waals surface area contributed by atoms with Gasteiger partial charge in [-0.3, -0.25) is 4.98 Å². The fraction of sp³-hybridized carbons (Fsp3) is 0.364. The topological polar surface area (TPSA) is 66.2 Å². The van der Waals surface area contributed by atoms with Crippen LogP contribution < -0.4 is 0 Å². The van der Waals surface area contributed by atoms with Crippen molar-refractivity contribution >= 4 is 6.09 Å². The molecule has 82 valence electrons. The van der Waals surface area contributed by atoms with Gasteiger partial charge in [-0.2, -0.15) is 5.26 Å². The van der Waals surface area contributed by atoms with Gasteiger partial charge in [-0.15, -0.1) is 0 Å². The third kappa shape index (κ3) is 2.28. The predicted molar refractivity (Wildman–Crippen MR) is 55.1 cm³/mol. The number of hydrogen-bond donors (Lipinski definition) is 0. The van der Waals surface area contributed by atoms with E-state index in [2.05, 4.69) is 4.98 Å². The highest BCUT2D eigenvalue weighted by molar-refractivity contribution is 5.69. The van der Waals surface area contributed by atoms with Crippen LogP contribution in [0.5, 0.6) is 0 Å². The molecule has 5 nitrogen and oxygen atoms in total. The summed E-state index contributed by atoms with van der Waals surface area (Å²) in [6.07, 6.45) is 2.97. The Morgan fingerprint density at radius 2 is 2.31 bits per heavy atom. The molecule has 1 aromatic heterocycles. The van der Waals surface area contributed by atoms with Gasteiger partial charge in [-0.25, -0.2) is 4.79 Å². The molecule has 2 rings (SSSR count). The lowest BCUT2D eigenvalue weighted by atomic mass is 10.2.